The summed E-state index contributed by atoms with van der Waals surface area (Å²) in [6.45, 7) is 1.38. The van der Waals surface area contributed by atoms with E-state index in [1.54, 1.807) is 4.90 Å². The average molecular weight is 420 g/mol. The van der Waals surface area contributed by atoms with Gasteiger partial charge in [-0.05, 0) is 44.0 Å². The van der Waals surface area contributed by atoms with Crippen LogP contribution in [-0.4, -0.2) is 53.6 Å². The van der Waals surface area contributed by atoms with Gasteiger partial charge in [0.1, 0.15) is 6.04 Å². The van der Waals surface area contributed by atoms with Gasteiger partial charge in [0.15, 0.2) is 0 Å². The average Bonchev–Trinajstić information content (AvgIpc) is 2.62. The summed E-state index contributed by atoms with van der Waals surface area (Å²) in [5.74, 6) is -1.91. The molecule has 3 rings (SSSR count). The Bertz CT molecular complexity index is 759. The summed E-state index contributed by atoms with van der Waals surface area (Å²) in [7, 11) is 0. The standard InChI is InChI=1S/C18H21ClF3N3O3/c19-11-6-10(18(20,21)22)7-12(8-11)24-14-2-1-5-25(16(14)26)15-9-23-4-3-13(15)17(27)28/h6-8,13-15,23-24H,1-5,9H2,(H,27,28). The Morgan fingerprint density at radius 2 is 2.04 bits per heavy atom. The Hall–Kier alpha value is -2.00. The van der Waals surface area contributed by atoms with E-state index in [0.29, 0.717) is 38.9 Å². The number of rotatable bonds is 4. The Balaban J connectivity index is 1.78. The highest BCUT2D eigenvalue weighted by Crippen LogP contribution is 2.34. The monoisotopic (exact) mass is 419 g/mol. The number of carbonyl (C=O) groups excluding carboxylic acids is 1. The molecule has 1 amide bonds. The van der Waals surface area contributed by atoms with Crippen molar-refractivity contribution in [3.63, 3.8) is 0 Å². The molecule has 0 bridgehead atoms. The van der Waals surface area contributed by atoms with Crippen LogP contribution in [0, 0.1) is 5.92 Å². The number of piperidine rings is 2. The molecule has 0 aliphatic carbocycles. The van der Waals surface area contributed by atoms with Crippen LogP contribution in [0.15, 0.2) is 18.2 Å². The van der Waals surface area contributed by atoms with Crippen molar-refractivity contribution in [2.45, 2.75) is 37.5 Å². The van der Waals surface area contributed by atoms with Gasteiger partial charge < -0.3 is 20.6 Å². The lowest BCUT2D eigenvalue weighted by atomic mass is 9.89. The molecular weight excluding hydrogens is 399 g/mol. The zero-order chi connectivity index (χ0) is 20.5. The van der Waals surface area contributed by atoms with Crippen LogP contribution in [-0.2, 0) is 15.8 Å². The number of nitrogens with zero attached hydrogens (tertiary/aromatic N) is 1. The first-order valence-electron chi connectivity index (χ1n) is 9.05. The molecule has 2 saturated heterocycles. The predicted octanol–water partition coefficient (Wildman–Crippen LogP) is 2.82. The van der Waals surface area contributed by atoms with Crippen molar-refractivity contribution >= 4 is 29.2 Å². The number of halogens is 4. The second-order valence-corrected chi connectivity index (χ2v) is 7.54. The number of hydrogen-bond acceptors (Lipinski definition) is 4. The number of aliphatic carboxylic acids is 1. The molecule has 3 atom stereocenters. The third-order valence-corrected chi connectivity index (χ3v) is 5.42. The molecule has 2 fully saturated rings. The van der Waals surface area contributed by atoms with Crippen LogP contribution in [0.3, 0.4) is 0 Å². The number of carbonyl (C=O) groups is 2. The van der Waals surface area contributed by atoms with Gasteiger partial charge in [0.05, 0.1) is 17.5 Å². The number of amides is 1. The van der Waals surface area contributed by atoms with E-state index in [1.807, 2.05) is 0 Å². The Morgan fingerprint density at radius 1 is 1.29 bits per heavy atom. The molecule has 0 aromatic heterocycles. The quantitative estimate of drug-likeness (QED) is 0.699. The smallest absolute Gasteiger partial charge is 0.416 e. The molecule has 6 nitrogen and oxygen atoms in total. The number of anilines is 1. The van der Waals surface area contributed by atoms with Gasteiger partial charge in [0.25, 0.3) is 0 Å². The Morgan fingerprint density at radius 3 is 2.71 bits per heavy atom. The second kappa shape index (κ2) is 8.16. The molecule has 0 saturated carbocycles. The summed E-state index contributed by atoms with van der Waals surface area (Å²) < 4.78 is 39.0. The minimum atomic E-state index is -4.55. The second-order valence-electron chi connectivity index (χ2n) is 7.10. The van der Waals surface area contributed by atoms with Crippen LogP contribution >= 0.6 is 11.6 Å². The van der Waals surface area contributed by atoms with Crippen molar-refractivity contribution in [1.29, 1.82) is 0 Å². The molecule has 3 unspecified atom stereocenters. The highest BCUT2D eigenvalue weighted by Gasteiger charge is 2.41. The van der Waals surface area contributed by atoms with Gasteiger partial charge in [-0.3, -0.25) is 9.59 Å². The van der Waals surface area contributed by atoms with Crippen molar-refractivity contribution in [3.8, 4) is 0 Å². The third kappa shape index (κ3) is 4.52. The van der Waals surface area contributed by atoms with Gasteiger partial charge in [-0.25, -0.2) is 0 Å². The van der Waals surface area contributed by atoms with Crippen LogP contribution in [0.25, 0.3) is 0 Å². The summed E-state index contributed by atoms with van der Waals surface area (Å²) in [6.07, 6.45) is -3.06. The topological polar surface area (TPSA) is 81.7 Å². The lowest BCUT2D eigenvalue weighted by molar-refractivity contribution is -0.149. The summed E-state index contributed by atoms with van der Waals surface area (Å²) in [5.41, 5.74) is -0.790. The van der Waals surface area contributed by atoms with E-state index in [1.165, 1.54) is 6.07 Å². The normalized spacial score (nSPS) is 26.2. The van der Waals surface area contributed by atoms with E-state index >= 15 is 0 Å². The minimum absolute atomic E-state index is 0.0835. The molecule has 154 valence electrons. The van der Waals surface area contributed by atoms with Gasteiger partial charge in [0, 0.05) is 23.8 Å². The molecule has 2 aliphatic rings. The maximum absolute atomic E-state index is 13.0. The number of carboxylic acids is 1. The number of nitrogens with one attached hydrogen (secondary N) is 2. The van der Waals surface area contributed by atoms with Crippen LogP contribution in [0.5, 0.6) is 0 Å². The number of likely N-dealkylation sites (tertiary alicyclic amines) is 1. The first-order chi connectivity index (χ1) is 13.2. The van der Waals surface area contributed by atoms with Crippen LogP contribution in [0.4, 0.5) is 18.9 Å². The molecule has 3 N–H and O–H groups in total. The van der Waals surface area contributed by atoms with Gasteiger partial charge in [-0.1, -0.05) is 11.6 Å². The molecule has 2 heterocycles. The first kappa shape index (κ1) is 20.7. The highest BCUT2D eigenvalue weighted by molar-refractivity contribution is 6.31. The van der Waals surface area contributed by atoms with Gasteiger partial charge in [-0.2, -0.15) is 13.2 Å². The Kier molecular flexibility index (Phi) is 6.04. The lowest BCUT2D eigenvalue weighted by Crippen LogP contribution is -2.60. The SMILES string of the molecule is O=C(O)C1CCNCC1N1CCCC(Nc2cc(Cl)cc(C(F)(F)F)c2)C1=O. The van der Waals surface area contributed by atoms with Crippen molar-refractivity contribution in [2.24, 2.45) is 5.92 Å². The summed E-state index contributed by atoms with van der Waals surface area (Å²) in [5, 5.41) is 15.3. The van der Waals surface area contributed by atoms with Gasteiger partial charge >= 0.3 is 12.1 Å². The fourth-order valence-corrected chi connectivity index (χ4v) is 4.09. The highest BCUT2D eigenvalue weighted by atomic mass is 35.5. The van der Waals surface area contributed by atoms with Crippen molar-refractivity contribution in [2.75, 3.05) is 25.0 Å². The van der Waals surface area contributed by atoms with Gasteiger partial charge in [-0.15, -0.1) is 0 Å². The molecule has 1 aromatic carbocycles. The predicted molar refractivity (Wildman–Crippen MR) is 97.2 cm³/mol. The van der Waals surface area contributed by atoms with Gasteiger partial charge in [0.2, 0.25) is 5.91 Å². The zero-order valence-corrected chi connectivity index (χ0v) is 15.7. The number of hydrogen-bond donors (Lipinski definition) is 3. The summed E-state index contributed by atoms with van der Waals surface area (Å²) in [4.78, 5) is 26.0. The summed E-state index contributed by atoms with van der Waals surface area (Å²) >= 11 is 5.81. The van der Waals surface area contributed by atoms with Crippen molar-refractivity contribution in [3.05, 3.63) is 28.8 Å². The molecule has 0 radical (unpaired) electrons. The van der Waals surface area contributed by atoms with Crippen LogP contribution in [0.1, 0.15) is 24.8 Å². The van der Waals surface area contributed by atoms with E-state index in [-0.39, 0.29) is 16.6 Å². The number of carboxylic acid groups (broad SMARTS) is 1. The summed E-state index contributed by atoms with van der Waals surface area (Å²) in [6, 6.07) is 1.87. The molecule has 10 heteroatoms. The van der Waals surface area contributed by atoms with E-state index < -0.39 is 35.7 Å². The van der Waals surface area contributed by atoms with Crippen LogP contribution < -0.4 is 10.6 Å². The fourth-order valence-electron chi connectivity index (χ4n) is 3.86. The molecule has 0 spiro atoms. The maximum Gasteiger partial charge on any atom is 0.416 e. The van der Waals surface area contributed by atoms with E-state index in [0.717, 1.165) is 12.1 Å². The van der Waals surface area contributed by atoms with Crippen molar-refractivity contribution < 1.29 is 27.9 Å². The van der Waals surface area contributed by atoms with E-state index in [4.69, 9.17) is 11.6 Å². The zero-order valence-electron chi connectivity index (χ0n) is 14.9. The first-order valence-corrected chi connectivity index (χ1v) is 9.43. The molecule has 28 heavy (non-hydrogen) atoms. The van der Waals surface area contributed by atoms with Crippen molar-refractivity contribution in [1.82, 2.24) is 10.2 Å². The van der Waals surface area contributed by atoms with E-state index in [9.17, 15) is 27.9 Å². The van der Waals surface area contributed by atoms with E-state index in [2.05, 4.69) is 10.6 Å². The molecule has 2 aliphatic heterocycles. The third-order valence-electron chi connectivity index (χ3n) is 5.21. The molecule has 1 aromatic rings. The van der Waals surface area contributed by atoms with Crippen LogP contribution in [0.2, 0.25) is 5.02 Å². The minimum Gasteiger partial charge on any atom is -0.481 e. The lowest BCUT2D eigenvalue weighted by Gasteiger charge is -2.42. The fraction of sp³-hybridized carbons (Fsp3) is 0.556. The number of alkyl halides is 3. The molecular formula is C18H21ClF3N3O3. The maximum atomic E-state index is 13.0. The Labute approximate surface area is 165 Å². The number of benzene rings is 1. The largest absolute Gasteiger partial charge is 0.481 e.